The SMILES string of the molecule is CCN1CCC(NC(=O)CN(C)S(=O)(=O)c2cccs2)CC1. The lowest BCUT2D eigenvalue weighted by Gasteiger charge is -2.31. The van der Waals surface area contributed by atoms with Gasteiger partial charge in [0.05, 0.1) is 6.54 Å². The second-order valence-corrected chi connectivity index (χ2v) is 8.69. The monoisotopic (exact) mass is 345 g/mol. The molecule has 0 aromatic carbocycles. The minimum atomic E-state index is -3.56. The molecule has 0 spiro atoms. The fraction of sp³-hybridized carbons (Fsp3) is 0.643. The Labute approximate surface area is 136 Å². The summed E-state index contributed by atoms with van der Waals surface area (Å²) in [7, 11) is -2.12. The molecule has 22 heavy (non-hydrogen) atoms. The van der Waals surface area contributed by atoms with Crippen LogP contribution in [-0.2, 0) is 14.8 Å². The number of nitrogens with one attached hydrogen (secondary N) is 1. The summed E-state index contributed by atoms with van der Waals surface area (Å²) in [6.45, 7) is 4.97. The number of carbonyl (C=O) groups is 1. The number of hydrogen-bond donors (Lipinski definition) is 1. The summed E-state index contributed by atoms with van der Waals surface area (Å²) in [5, 5.41) is 4.65. The number of amides is 1. The van der Waals surface area contributed by atoms with Crippen LogP contribution in [0.4, 0.5) is 0 Å². The Morgan fingerprint density at radius 1 is 1.45 bits per heavy atom. The first kappa shape index (κ1) is 17.4. The topological polar surface area (TPSA) is 69.7 Å². The quantitative estimate of drug-likeness (QED) is 0.834. The van der Waals surface area contributed by atoms with E-state index in [9.17, 15) is 13.2 Å². The van der Waals surface area contributed by atoms with Gasteiger partial charge in [0.1, 0.15) is 4.21 Å². The Kier molecular flexibility index (Phi) is 5.96. The molecule has 0 radical (unpaired) electrons. The van der Waals surface area contributed by atoms with Gasteiger partial charge in [-0.2, -0.15) is 4.31 Å². The summed E-state index contributed by atoms with van der Waals surface area (Å²) in [6, 6.07) is 3.38. The third-order valence-corrected chi connectivity index (χ3v) is 7.10. The Hall–Kier alpha value is -0.960. The number of likely N-dealkylation sites (N-methyl/N-ethyl adjacent to an activating group) is 1. The lowest BCUT2D eigenvalue weighted by Crippen LogP contribution is -2.47. The number of hydrogen-bond acceptors (Lipinski definition) is 5. The first-order valence-electron chi connectivity index (χ1n) is 7.45. The van der Waals surface area contributed by atoms with Crippen LogP contribution < -0.4 is 5.32 Å². The standard InChI is InChI=1S/C14H23N3O3S2/c1-3-17-8-6-12(7-9-17)15-13(18)11-16(2)22(19,20)14-5-4-10-21-14/h4-5,10,12H,3,6-9,11H2,1-2H3,(H,15,18). The highest BCUT2D eigenvalue weighted by Crippen LogP contribution is 2.19. The molecule has 2 heterocycles. The maximum Gasteiger partial charge on any atom is 0.252 e. The highest BCUT2D eigenvalue weighted by Gasteiger charge is 2.25. The molecule has 0 aliphatic carbocycles. The van der Waals surface area contributed by atoms with E-state index in [0.29, 0.717) is 0 Å². The fourth-order valence-electron chi connectivity index (χ4n) is 2.52. The maximum atomic E-state index is 12.3. The predicted octanol–water partition coefficient (Wildman–Crippen LogP) is 0.969. The zero-order chi connectivity index (χ0) is 16.2. The normalized spacial score (nSPS) is 17.8. The van der Waals surface area contributed by atoms with Crippen molar-refractivity contribution in [2.75, 3.05) is 33.2 Å². The van der Waals surface area contributed by atoms with Crippen molar-refractivity contribution in [2.24, 2.45) is 0 Å². The summed E-state index contributed by atoms with van der Waals surface area (Å²) in [5.74, 6) is -0.238. The van der Waals surface area contributed by atoms with Gasteiger partial charge in [-0.1, -0.05) is 13.0 Å². The van der Waals surface area contributed by atoms with E-state index >= 15 is 0 Å². The Bertz CT molecular complexity index is 578. The van der Waals surface area contributed by atoms with Gasteiger partial charge in [0.25, 0.3) is 10.0 Å². The molecule has 1 saturated heterocycles. The number of rotatable bonds is 6. The summed E-state index contributed by atoms with van der Waals surface area (Å²) in [6.07, 6.45) is 1.84. The Morgan fingerprint density at radius 3 is 2.68 bits per heavy atom. The summed E-state index contributed by atoms with van der Waals surface area (Å²) < 4.78 is 25.9. The van der Waals surface area contributed by atoms with E-state index in [4.69, 9.17) is 0 Å². The lowest BCUT2D eigenvalue weighted by molar-refractivity contribution is -0.122. The molecule has 0 bridgehead atoms. The van der Waals surface area contributed by atoms with Crippen molar-refractivity contribution in [3.05, 3.63) is 17.5 Å². The van der Waals surface area contributed by atoms with E-state index in [1.165, 1.54) is 7.05 Å². The molecule has 6 nitrogen and oxygen atoms in total. The van der Waals surface area contributed by atoms with Crippen molar-refractivity contribution in [1.29, 1.82) is 0 Å². The van der Waals surface area contributed by atoms with Crippen molar-refractivity contribution >= 4 is 27.3 Å². The average Bonchev–Trinajstić information content (AvgIpc) is 3.02. The lowest BCUT2D eigenvalue weighted by atomic mass is 10.1. The minimum absolute atomic E-state index is 0.145. The summed E-state index contributed by atoms with van der Waals surface area (Å²) >= 11 is 1.16. The summed E-state index contributed by atoms with van der Waals surface area (Å²) in [5.41, 5.74) is 0. The van der Waals surface area contributed by atoms with Gasteiger partial charge in [-0.3, -0.25) is 4.79 Å². The van der Waals surface area contributed by atoms with Gasteiger partial charge in [0, 0.05) is 26.2 Å². The van der Waals surface area contributed by atoms with Gasteiger partial charge in [-0.05, 0) is 30.8 Å². The molecule has 1 fully saturated rings. The van der Waals surface area contributed by atoms with Crippen molar-refractivity contribution < 1.29 is 13.2 Å². The van der Waals surface area contributed by atoms with E-state index in [2.05, 4.69) is 17.1 Å². The highest BCUT2D eigenvalue weighted by atomic mass is 32.2. The van der Waals surface area contributed by atoms with E-state index in [-0.39, 0.29) is 22.7 Å². The summed E-state index contributed by atoms with van der Waals surface area (Å²) in [4.78, 5) is 14.4. The van der Waals surface area contributed by atoms with E-state index in [0.717, 1.165) is 48.1 Å². The molecule has 1 aliphatic heterocycles. The number of piperidine rings is 1. The largest absolute Gasteiger partial charge is 0.352 e. The van der Waals surface area contributed by atoms with Crippen molar-refractivity contribution in [3.63, 3.8) is 0 Å². The average molecular weight is 345 g/mol. The molecule has 1 aromatic rings. The zero-order valence-corrected chi connectivity index (χ0v) is 14.6. The second kappa shape index (κ2) is 7.54. The molecule has 0 saturated carbocycles. The van der Waals surface area contributed by atoms with Crippen LogP contribution in [0.25, 0.3) is 0 Å². The van der Waals surface area contributed by atoms with Crippen LogP contribution in [0.5, 0.6) is 0 Å². The molecule has 8 heteroatoms. The van der Waals surface area contributed by atoms with Crippen LogP contribution in [0.3, 0.4) is 0 Å². The zero-order valence-electron chi connectivity index (χ0n) is 13.0. The molecular formula is C14H23N3O3S2. The predicted molar refractivity (Wildman–Crippen MR) is 87.4 cm³/mol. The van der Waals surface area contributed by atoms with Gasteiger partial charge in [-0.15, -0.1) is 11.3 Å². The molecule has 1 aromatic heterocycles. The van der Waals surface area contributed by atoms with Gasteiger partial charge in [0.2, 0.25) is 5.91 Å². The van der Waals surface area contributed by atoms with Gasteiger partial charge < -0.3 is 10.2 Å². The van der Waals surface area contributed by atoms with Crippen LogP contribution in [0.2, 0.25) is 0 Å². The molecule has 2 rings (SSSR count). The third kappa shape index (κ3) is 4.28. The Balaban J connectivity index is 1.84. The van der Waals surface area contributed by atoms with Crippen LogP contribution in [0, 0.1) is 0 Å². The number of carbonyl (C=O) groups excluding carboxylic acids is 1. The van der Waals surface area contributed by atoms with E-state index in [1.807, 2.05) is 0 Å². The van der Waals surface area contributed by atoms with Crippen molar-refractivity contribution in [1.82, 2.24) is 14.5 Å². The smallest absolute Gasteiger partial charge is 0.252 e. The number of nitrogens with zero attached hydrogens (tertiary/aromatic N) is 2. The fourth-order valence-corrected chi connectivity index (χ4v) is 4.85. The molecule has 1 amide bonds. The van der Waals surface area contributed by atoms with Gasteiger partial charge in [0.15, 0.2) is 0 Å². The molecule has 124 valence electrons. The first-order chi connectivity index (χ1) is 10.4. The Morgan fingerprint density at radius 2 is 2.14 bits per heavy atom. The van der Waals surface area contributed by atoms with Gasteiger partial charge >= 0.3 is 0 Å². The molecule has 1 N–H and O–H groups in total. The molecule has 0 atom stereocenters. The molecule has 1 aliphatic rings. The van der Waals surface area contributed by atoms with Gasteiger partial charge in [-0.25, -0.2) is 8.42 Å². The van der Waals surface area contributed by atoms with Crippen LogP contribution in [0.1, 0.15) is 19.8 Å². The van der Waals surface area contributed by atoms with Crippen molar-refractivity contribution in [3.8, 4) is 0 Å². The number of likely N-dealkylation sites (tertiary alicyclic amines) is 1. The number of thiophene rings is 1. The van der Waals surface area contributed by atoms with Crippen LogP contribution in [-0.4, -0.2) is 62.8 Å². The van der Waals surface area contributed by atoms with E-state index in [1.54, 1.807) is 17.5 Å². The second-order valence-electron chi connectivity index (χ2n) is 5.47. The highest BCUT2D eigenvalue weighted by molar-refractivity contribution is 7.91. The maximum absolute atomic E-state index is 12.3. The molecule has 0 unspecified atom stereocenters. The van der Waals surface area contributed by atoms with Crippen molar-refractivity contribution in [2.45, 2.75) is 30.0 Å². The van der Waals surface area contributed by atoms with Crippen LogP contribution in [0.15, 0.2) is 21.7 Å². The van der Waals surface area contributed by atoms with E-state index < -0.39 is 10.0 Å². The van der Waals surface area contributed by atoms with Crippen LogP contribution >= 0.6 is 11.3 Å². The number of sulfonamides is 1. The first-order valence-corrected chi connectivity index (χ1v) is 9.77. The third-order valence-electron chi connectivity index (χ3n) is 3.93. The molecular weight excluding hydrogens is 322 g/mol. The minimum Gasteiger partial charge on any atom is -0.352 e.